The molecule has 1 aromatic carbocycles. The molecule has 1 aromatic heterocycles. The van der Waals surface area contributed by atoms with Gasteiger partial charge in [0.15, 0.2) is 0 Å². The molecule has 20 heavy (non-hydrogen) atoms. The highest BCUT2D eigenvalue weighted by molar-refractivity contribution is 9.10. The van der Waals surface area contributed by atoms with E-state index in [-0.39, 0.29) is 11.6 Å². The van der Waals surface area contributed by atoms with Gasteiger partial charge < -0.3 is 10.6 Å². The summed E-state index contributed by atoms with van der Waals surface area (Å²) in [6, 6.07) is 5.17. The SMILES string of the molecule is CCNc1cncc(C(=O)Nc2ccc(Br)c(Cl)c2)n1. The maximum Gasteiger partial charge on any atom is 0.275 e. The molecule has 0 aliphatic rings. The molecule has 2 aromatic rings. The minimum atomic E-state index is -0.337. The topological polar surface area (TPSA) is 66.9 Å². The van der Waals surface area contributed by atoms with E-state index in [4.69, 9.17) is 11.6 Å². The Morgan fingerprint density at radius 3 is 2.90 bits per heavy atom. The van der Waals surface area contributed by atoms with Crippen LogP contribution in [0.1, 0.15) is 17.4 Å². The van der Waals surface area contributed by atoms with E-state index in [9.17, 15) is 4.79 Å². The molecule has 0 aliphatic carbocycles. The van der Waals surface area contributed by atoms with Gasteiger partial charge in [0.2, 0.25) is 0 Å². The molecule has 1 amide bonds. The van der Waals surface area contributed by atoms with Gasteiger partial charge in [-0.1, -0.05) is 11.6 Å². The van der Waals surface area contributed by atoms with Gasteiger partial charge in [-0.05, 0) is 41.1 Å². The number of nitrogens with one attached hydrogen (secondary N) is 2. The van der Waals surface area contributed by atoms with Crippen LogP contribution in [0.2, 0.25) is 5.02 Å². The monoisotopic (exact) mass is 354 g/mol. The van der Waals surface area contributed by atoms with Crippen LogP contribution in [0, 0.1) is 0 Å². The van der Waals surface area contributed by atoms with Crippen molar-refractivity contribution in [2.24, 2.45) is 0 Å². The number of hydrogen-bond donors (Lipinski definition) is 2. The highest BCUT2D eigenvalue weighted by atomic mass is 79.9. The van der Waals surface area contributed by atoms with Crippen LogP contribution in [0.5, 0.6) is 0 Å². The smallest absolute Gasteiger partial charge is 0.275 e. The van der Waals surface area contributed by atoms with E-state index < -0.39 is 0 Å². The molecule has 0 spiro atoms. The summed E-state index contributed by atoms with van der Waals surface area (Å²) < 4.78 is 0.770. The zero-order valence-electron chi connectivity index (χ0n) is 10.7. The van der Waals surface area contributed by atoms with Gasteiger partial charge >= 0.3 is 0 Å². The van der Waals surface area contributed by atoms with Crippen molar-refractivity contribution >= 4 is 44.9 Å². The van der Waals surface area contributed by atoms with Crippen LogP contribution in [-0.4, -0.2) is 22.4 Å². The number of halogens is 2. The minimum absolute atomic E-state index is 0.238. The molecule has 104 valence electrons. The molecule has 1 heterocycles. The third kappa shape index (κ3) is 3.68. The van der Waals surface area contributed by atoms with E-state index in [1.54, 1.807) is 24.4 Å². The predicted molar refractivity (Wildman–Crippen MR) is 83.3 cm³/mol. The van der Waals surface area contributed by atoms with Gasteiger partial charge in [-0.25, -0.2) is 4.98 Å². The first-order valence-electron chi connectivity index (χ1n) is 5.92. The summed E-state index contributed by atoms with van der Waals surface area (Å²) in [6.07, 6.45) is 2.98. The molecule has 5 nitrogen and oxygen atoms in total. The summed E-state index contributed by atoms with van der Waals surface area (Å²) in [7, 11) is 0. The lowest BCUT2D eigenvalue weighted by atomic mass is 10.3. The van der Waals surface area contributed by atoms with E-state index in [1.807, 2.05) is 6.92 Å². The second kappa shape index (κ2) is 6.67. The summed E-state index contributed by atoms with van der Waals surface area (Å²) in [5.41, 5.74) is 0.835. The van der Waals surface area contributed by atoms with Crippen LogP contribution in [0.15, 0.2) is 35.1 Å². The average molecular weight is 356 g/mol. The predicted octanol–water partition coefficient (Wildman–Crippen LogP) is 3.58. The lowest BCUT2D eigenvalue weighted by Crippen LogP contribution is -2.15. The standard InChI is InChI=1S/C13H12BrClN4O/c1-2-17-12-7-16-6-11(19-12)13(20)18-8-3-4-9(14)10(15)5-8/h3-7H,2H2,1H3,(H,17,19)(H,18,20). The molecular weight excluding hydrogens is 344 g/mol. The molecule has 2 N–H and O–H groups in total. The van der Waals surface area contributed by atoms with Crippen molar-refractivity contribution in [1.29, 1.82) is 0 Å². The highest BCUT2D eigenvalue weighted by Crippen LogP contribution is 2.25. The third-order valence-corrected chi connectivity index (χ3v) is 3.64. The summed E-state index contributed by atoms with van der Waals surface area (Å²) >= 11 is 9.27. The van der Waals surface area contributed by atoms with Crippen molar-refractivity contribution in [3.8, 4) is 0 Å². The molecular formula is C13H12BrClN4O. The quantitative estimate of drug-likeness (QED) is 0.880. The molecule has 0 aliphatic heterocycles. The molecule has 2 rings (SSSR count). The van der Waals surface area contributed by atoms with Crippen molar-refractivity contribution in [2.75, 3.05) is 17.2 Å². The molecule has 0 fully saturated rings. The van der Waals surface area contributed by atoms with Gasteiger partial charge in [0.25, 0.3) is 5.91 Å². The van der Waals surface area contributed by atoms with Crippen LogP contribution >= 0.6 is 27.5 Å². The molecule has 0 saturated carbocycles. The Balaban J connectivity index is 2.15. The highest BCUT2D eigenvalue weighted by Gasteiger charge is 2.10. The maximum atomic E-state index is 12.1. The normalized spacial score (nSPS) is 10.2. The first-order chi connectivity index (χ1) is 9.60. The number of benzene rings is 1. The number of nitrogens with zero attached hydrogens (tertiary/aromatic N) is 2. The van der Waals surface area contributed by atoms with E-state index in [2.05, 4.69) is 36.5 Å². The van der Waals surface area contributed by atoms with Crippen LogP contribution in [0.4, 0.5) is 11.5 Å². The van der Waals surface area contributed by atoms with Crippen LogP contribution in [0.3, 0.4) is 0 Å². The van der Waals surface area contributed by atoms with Gasteiger partial charge in [0.1, 0.15) is 11.5 Å². The Bertz CT molecular complexity index is 636. The van der Waals surface area contributed by atoms with Gasteiger partial charge in [-0.2, -0.15) is 0 Å². The van der Waals surface area contributed by atoms with Gasteiger partial charge in [-0.15, -0.1) is 0 Å². The number of anilines is 2. The van der Waals surface area contributed by atoms with Crippen molar-refractivity contribution < 1.29 is 4.79 Å². The maximum absolute atomic E-state index is 12.1. The zero-order valence-corrected chi connectivity index (χ0v) is 13.0. The lowest BCUT2D eigenvalue weighted by molar-refractivity contribution is 0.102. The fourth-order valence-electron chi connectivity index (χ4n) is 1.51. The Morgan fingerprint density at radius 1 is 1.40 bits per heavy atom. The Kier molecular flexibility index (Phi) is 4.92. The van der Waals surface area contributed by atoms with Crippen LogP contribution in [-0.2, 0) is 0 Å². The third-order valence-electron chi connectivity index (χ3n) is 2.40. The zero-order chi connectivity index (χ0) is 14.5. The van der Waals surface area contributed by atoms with Crippen LogP contribution < -0.4 is 10.6 Å². The first kappa shape index (κ1) is 14.7. The second-order valence-electron chi connectivity index (χ2n) is 3.90. The van der Waals surface area contributed by atoms with Crippen molar-refractivity contribution in [3.05, 3.63) is 45.8 Å². The number of carbonyl (C=O) groups excluding carboxylic acids is 1. The fraction of sp³-hybridized carbons (Fsp3) is 0.154. The molecule has 0 unspecified atom stereocenters. The number of carbonyl (C=O) groups is 1. The summed E-state index contributed by atoms with van der Waals surface area (Å²) in [5.74, 6) is 0.227. The number of rotatable bonds is 4. The van der Waals surface area contributed by atoms with Crippen molar-refractivity contribution in [2.45, 2.75) is 6.92 Å². The largest absolute Gasteiger partial charge is 0.369 e. The molecule has 0 radical (unpaired) electrons. The van der Waals surface area contributed by atoms with E-state index in [0.29, 0.717) is 23.1 Å². The van der Waals surface area contributed by atoms with Crippen molar-refractivity contribution in [1.82, 2.24) is 9.97 Å². The molecule has 0 bridgehead atoms. The second-order valence-corrected chi connectivity index (χ2v) is 5.16. The van der Waals surface area contributed by atoms with Crippen molar-refractivity contribution in [3.63, 3.8) is 0 Å². The number of aromatic nitrogens is 2. The first-order valence-corrected chi connectivity index (χ1v) is 7.09. The van der Waals surface area contributed by atoms with Crippen LogP contribution in [0.25, 0.3) is 0 Å². The Morgan fingerprint density at radius 2 is 2.20 bits per heavy atom. The molecule has 0 saturated heterocycles. The molecule has 7 heteroatoms. The van der Waals surface area contributed by atoms with E-state index in [1.165, 1.54) is 6.20 Å². The van der Waals surface area contributed by atoms with Gasteiger partial charge in [0, 0.05) is 16.7 Å². The minimum Gasteiger partial charge on any atom is -0.369 e. The molecule has 0 atom stereocenters. The fourth-order valence-corrected chi connectivity index (χ4v) is 1.94. The van der Waals surface area contributed by atoms with E-state index in [0.717, 1.165) is 4.47 Å². The summed E-state index contributed by atoms with van der Waals surface area (Å²) in [6.45, 7) is 2.65. The Labute approximate surface area is 129 Å². The number of hydrogen-bond acceptors (Lipinski definition) is 4. The lowest BCUT2D eigenvalue weighted by Gasteiger charge is -2.07. The van der Waals surface area contributed by atoms with E-state index >= 15 is 0 Å². The average Bonchev–Trinajstić information content (AvgIpc) is 2.43. The summed E-state index contributed by atoms with van der Waals surface area (Å²) in [4.78, 5) is 20.2. The van der Waals surface area contributed by atoms with Gasteiger partial charge in [-0.3, -0.25) is 9.78 Å². The summed E-state index contributed by atoms with van der Waals surface area (Å²) in [5, 5.41) is 6.25. The Hall–Kier alpha value is -1.66. The number of amides is 1. The van der Waals surface area contributed by atoms with Gasteiger partial charge in [0.05, 0.1) is 17.4 Å².